The molecule has 8 atom stereocenters. The van der Waals surface area contributed by atoms with Crippen molar-refractivity contribution in [1.29, 1.82) is 0 Å². The van der Waals surface area contributed by atoms with Crippen molar-refractivity contribution in [2.75, 3.05) is 0 Å². The van der Waals surface area contributed by atoms with Crippen LogP contribution in [0, 0.1) is 34.5 Å². The number of unbranched alkanes of at least 4 members (excludes halogenated alkanes) is 5. The second kappa shape index (κ2) is 11.4. The first-order valence-corrected chi connectivity index (χ1v) is 15.8. The Morgan fingerprint density at radius 1 is 1.03 bits per heavy atom. The molecule has 0 saturated heterocycles. The number of hydrogen-bond acceptors (Lipinski definition) is 2. The zero-order valence-corrected chi connectivity index (χ0v) is 24.1. The molecule has 34 heavy (non-hydrogen) atoms. The van der Waals surface area contributed by atoms with E-state index in [0.29, 0.717) is 10.8 Å². The highest BCUT2D eigenvalue weighted by molar-refractivity contribution is 9.10. The van der Waals surface area contributed by atoms with Crippen LogP contribution >= 0.6 is 15.9 Å². The second-order valence-corrected chi connectivity index (χ2v) is 13.9. The van der Waals surface area contributed by atoms with Gasteiger partial charge in [-0.3, -0.25) is 4.79 Å². The standard InChI is InChI=1S/C31H51BrO2/c1-5-7-8-9-10-11-12-22-14-16-26-25-15-13-23-21-24(34-29(33)28(32)6-2)17-19-31(23,4)27(25)18-20-30(22,26)3/h13,22,24-28H,5-12,14-21H2,1-4H3/t22-,24+,25+,26-,27+,28-,30-,31+/m1/s1. The fourth-order valence-corrected chi connectivity index (χ4v) is 8.99. The molecule has 4 aliphatic rings. The zero-order chi connectivity index (χ0) is 24.3. The Kier molecular flexibility index (Phi) is 8.96. The van der Waals surface area contributed by atoms with E-state index in [0.717, 1.165) is 42.9 Å². The molecular weight excluding hydrogens is 484 g/mol. The van der Waals surface area contributed by atoms with Crippen LogP contribution in [0.15, 0.2) is 11.6 Å². The number of ether oxygens (including phenoxy) is 1. The van der Waals surface area contributed by atoms with Gasteiger partial charge in [-0.1, -0.05) is 93.8 Å². The highest BCUT2D eigenvalue weighted by Crippen LogP contribution is 2.66. The fraction of sp³-hybridized carbons (Fsp3) is 0.903. The maximum atomic E-state index is 12.4. The predicted molar refractivity (Wildman–Crippen MR) is 146 cm³/mol. The number of hydrogen-bond donors (Lipinski definition) is 0. The molecular formula is C31H51BrO2. The summed E-state index contributed by atoms with van der Waals surface area (Å²) in [4.78, 5) is 12.2. The summed E-state index contributed by atoms with van der Waals surface area (Å²) in [6.07, 6.45) is 23.8. The van der Waals surface area contributed by atoms with Crippen LogP contribution in [-0.2, 0) is 9.53 Å². The molecule has 0 bridgehead atoms. The molecule has 0 aromatic heterocycles. The first kappa shape index (κ1) is 26.7. The lowest BCUT2D eigenvalue weighted by Crippen LogP contribution is -2.50. The Balaban J connectivity index is 1.37. The molecule has 0 heterocycles. The smallest absolute Gasteiger partial charge is 0.319 e. The normalized spacial score (nSPS) is 40.0. The van der Waals surface area contributed by atoms with Gasteiger partial charge in [0.25, 0.3) is 0 Å². The van der Waals surface area contributed by atoms with Gasteiger partial charge in [-0.2, -0.15) is 0 Å². The van der Waals surface area contributed by atoms with E-state index in [9.17, 15) is 4.79 Å². The van der Waals surface area contributed by atoms with E-state index in [4.69, 9.17) is 4.74 Å². The minimum absolute atomic E-state index is 0.0683. The van der Waals surface area contributed by atoms with Gasteiger partial charge in [0.1, 0.15) is 10.9 Å². The van der Waals surface area contributed by atoms with Crippen LogP contribution in [0.2, 0.25) is 0 Å². The van der Waals surface area contributed by atoms with Crippen molar-refractivity contribution in [3.8, 4) is 0 Å². The van der Waals surface area contributed by atoms with Crippen molar-refractivity contribution in [3.05, 3.63) is 11.6 Å². The molecule has 194 valence electrons. The van der Waals surface area contributed by atoms with Crippen LogP contribution in [0.1, 0.15) is 130 Å². The molecule has 0 aromatic rings. The van der Waals surface area contributed by atoms with E-state index in [1.807, 2.05) is 6.92 Å². The van der Waals surface area contributed by atoms with E-state index in [1.165, 1.54) is 83.5 Å². The van der Waals surface area contributed by atoms with Gasteiger partial charge in [0, 0.05) is 6.42 Å². The summed E-state index contributed by atoms with van der Waals surface area (Å²) in [6.45, 7) is 9.59. The van der Waals surface area contributed by atoms with Gasteiger partial charge in [0.2, 0.25) is 0 Å². The summed E-state index contributed by atoms with van der Waals surface area (Å²) in [6, 6.07) is 0. The van der Waals surface area contributed by atoms with Gasteiger partial charge in [-0.15, -0.1) is 0 Å². The lowest BCUT2D eigenvalue weighted by Gasteiger charge is -2.58. The van der Waals surface area contributed by atoms with Crippen LogP contribution < -0.4 is 0 Å². The first-order valence-electron chi connectivity index (χ1n) is 14.9. The third kappa shape index (κ3) is 5.21. The van der Waals surface area contributed by atoms with Crippen LogP contribution in [0.25, 0.3) is 0 Å². The molecule has 4 rings (SSSR count). The largest absolute Gasteiger partial charge is 0.461 e. The molecule has 0 aromatic carbocycles. The van der Waals surface area contributed by atoms with Gasteiger partial charge >= 0.3 is 5.97 Å². The predicted octanol–water partition coefficient (Wildman–Crippen LogP) is 9.40. The average molecular weight is 536 g/mol. The number of halogens is 1. The van der Waals surface area contributed by atoms with E-state index in [2.05, 4.69) is 42.8 Å². The Hall–Kier alpha value is -0.310. The molecule has 3 saturated carbocycles. The summed E-state index contributed by atoms with van der Waals surface area (Å²) in [5.41, 5.74) is 2.54. The zero-order valence-electron chi connectivity index (χ0n) is 22.5. The van der Waals surface area contributed by atoms with Crippen LogP contribution in [-0.4, -0.2) is 16.9 Å². The summed E-state index contributed by atoms with van der Waals surface area (Å²) >= 11 is 3.47. The van der Waals surface area contributed by atoms with E-state index in [-0.39, 0.29) is 16.9 Å². The summed E-state index contributed by atoms with van der Waals surface area (Å²) in [5.74, 6) is 3.55. The summed E-state index contributed by atoms with van der Waals surface area (Å²) < 4.78 is 5.92. The Labute approximate surface area is 218 Å². The monoisotopic (exact) mass is 534 g/mol. The van der Waals surface area contributed by atoms with E-state index >= 15 is 0 Å². The Bertz CT molecular complexity index is 731. The van der Waals surface area contributed by atoms with Crippen LogP contribution in [0.4, 0.5) is 0 Å². The van der Waals surface area contributed by atoms with E-state index < -0.39 is 0 Å². The topological polar surface area (TPSA) is 26.3 Å². The average Bonchev–Trinajstić information content (AvgIpc) is 3.17. The maximum Gasteiger partial charge on any atom is 0.319 e. The van der Waals surface area contributed by atoms with Crippen molar-refractivity contribution in [1.82, 2.24) is 0 Å². The summed E-state index contributed by atoms with van der Waals surface area (Å²) in [5, 5.41) is 0. The molecule has 0 spiro atoms. The number of rotatable bonds is 10. The number of carbonyl (C=O) groups excluding carboxylic acids is 1. The molecule has 3 heteroatoms. The van der Waals surface area contributed by atoms with Crippen molar-refractivity contribution in [2.24, 2.45) is 34.5 Å². The molecule has 4 aliphatic carbocycles. The summed E-state index contributed by atoms with van der Waals surface area (Å²) in [7, 11) is 0. The maximum absolute atomic E-state index is 12.4. The lowest BCUT2D eigenvalue weighted by molar-refractivity contribution is -0.150. The Morgan fingerprint density at radius 3 is 2.56 bits per heavy atom. The highest BCUT2D eigenvalue weighted by atomic mass is 79.9. The SMILES string of the molecule is CCCCCCCC[C@@H]1CC[C@@H]2[C@@H]3CC=C4C[C@@H](OC(=O)[C@H](Br)CC)CC[C@]4(C)[C@H]3CC[C@]12C. The van der Waals surface area contributed by atoms with Crippen molar-refractivity contribution < 1.29 is 9.53 Å². The lowest BCUT2D eigenvalue weighted by atomic mass is 9.47. The van der Waals surface area contributed by atoms with E-state index in [1.54, 1.807) is 5.57 Å². The minimum atomic E-state index is -0.159. The molecule has 0 radical (unpaired) electrons. The number of esters is 1. The number of alkyl halides is 1. The molecule has 2 nitrogen and oxygen atoms in total. The number of carbonyl (C=O) groups is 1. The first-order chi connectivity index (χ1) is 16.3. The van der Waals surface area contributed by atoms with Gasteiger partial charge in [-0.05, 0) is 92.3 Å². The van der Waals surface area contributed by atoms with Gasteiger partial charge in [-0.25, -0.2) is 0 Å². The third-order valence-corrected chi connectivity index (χ3v) is 12.1. The van der Waals surface area contributed by atoms with Crippen molar-refractivity contribution >= 4 is 21.9 Å². The Morgan fingerprint density at radius 2 is 1.79 bits per heavy atom. The molecule has 0 amide bonds. The minimum Gasteiger partial charge on any atom is -0.461 e. The van der Waals surface area contributed by atoms with Crippen molar-refractivity contribution in [2.45, 2.75) is 141 Å². The number of fused-ring (bicyclic) bond motifs is 5. The van der Waals surface area contributed by atoms with Crippen molar-refractivity contribution in [3.63, 3.8) is 0 Å². The molecule has 0 unspecified atom stereocenters. The fourth-order valence-electron chi connectivity index (χ4n) is 8.89. The van der Waals surface area contributed by atoms with Gasteiger partial charge < -0.3 is 4.74 Å². The quantitative estimate of drug-likeness (QED) is 0.121. The number of allylic oxidation sites excluding steroid dienone is 1. The third-order valence-electron chi connectivity index (χ3n) is 11.1. The van der Waals surface area contributed by atoms with Crippen LogP contribution in [0.5, 0.6) is 0 Å². The molecule has 0 N–H and O–H groups in total. The van der Waals surface area contributed by atoms with Gasteiger partial charge in [0.05, 0.1) is 0 Å². The molecule has 3 fully saturated rings. The van der Waals surface area contributed by atoms with Crippen LogP contribution in [0.3, 0.4) is 0 Å². The molecule has 0 aliphatic heterocycles. The van der Waals surface area contributed by atoms with Gasteiger partial charge in [0.15, 0.2) is 0 Å². The highest BCUT2D eigenvalue weighted by Gasteiger charge is 2.58. The second-order valence-electron chi connectivity index (χ2n) is 12.8.